The topological polar surface area (TPSA) is 207 Å². The fourth-order valence-electron chi connectivity index (χ4n) is 2.47. The largest absolute Gasteiger partial charge is 2.00 e. The molecule has 0 spiro atoms. The Morgan fingerprint density at radius 2 is 0.871 bits per heavy atom. The van der Waals surface area contributed by atoms with Gasteiger partial charge in [0.1, 0.15) is 0 Å². The maximum Gasteiger partial charge on any atom is 2.00 e. The molecule has 0 unspecified atom stereocenters. The van der Waals surface area contributed by atoms with E-state index in [2.05, 4.69) is 0 Å². The van der Waals surface area contributed by atoms with Gasteiger partial charge >= 0.3 is 96.9 Å². The van der Waals surface area contributed by atoms with Gasteiger partial charge in [-0.25, -0.2) is 0 Å². The van der Waals surface area contributed by atoms with E-state index in [9.17, 15) is 49.8 Å². The Bertz CT molecular complexity index is 686. The average molecular weight is 482 g/mol. The predicted molar refractivity (Wildman–Crippen MR) is 86.1 cm³/mol. The smallest absolute Gasteiger partial charge is 0.549 e. The number of carboxylic acid groups (broad SMARTS) is 4. The summed E-state index contributed by atoms with van der Waals surface area (Å²) in [5, 5.41) is 63.0. The van der Waals surface area contributed by atoms with E-state index >= 15 is 0 Å². The van der Waals surface area contributed by atoms with Crippen molar-refractivity contribution in [1.29, 1.82) is 0 Å². The van der Waals surface area contributed by atoms with E-state index in [0.717, 1.165) is 9.80 Å². The molecule has 15 heteroatoms. The van der Waals surface area contributed by atoms with E-state index < -0.39 is 61.6 Å². The molecule has 0 saturated carbocycles. The third-order valence-electron chi connectivity index (χ3n) is 3.52. The van der Waals surface area contributed by atoms with Crippen LogP contribution in [0.1, 0.15) is 11.1 Å². The van der Waals surface area contributed by atoms with Gasteiger partial charge in [0.15, 0.2) is 11.5 Å². The molecule has 0 aliphatic heterocycles. The quantitative estimate of drug-likeness (QED) is 0.210. The molecule has 0 amide bonds. The Labute approximate surface area is 251 Å². The summed E-state index contributed by atoms with van der Waals surface area (Å²) in [5.74, 6) is -7.69. The van der Waals surface area contributed by atoms with Gasteiger partial charge in [0.25, 0.3) is 0 Å². The van der Waals surface area contributed by atoms with Crippen molar-refractivity contribution in [2.45, 2.75) is 13.1 Å². The van der Waals surface area contributed by atoms with E-state index in [-0.39, 0.29) is 121 Å². The molecular weight excluding hydrogens is 466 g/mol. The molecule has 0 fully saturated rings. The minimum Gasteiger partial charge on any atom is -0.549 e. The van der Waals surface area contributed by atoms with Gasteiger partial charge in [0.05, 0.1) is 23.9 Å². The maximum absolute atomic E-state index is 10.7. The zero-order chi connectivity index (χ0) is 21.4. The molecule has 154 valence electrons. The second-order valence-electron chi connectivity index (χ2n) is 5.86. The van der Waals surface area contributed by atoms with Gasteiger partial charge in [-0.3, -0.25) is 9.80 Å². The van der Waals surface area contributed by atoms with Crippen LogP contribution in [0.15, 0.2) is 12.1 Å². The van der Waals surface area contributed by atoms with Crippen LogP contribution in [0.2, 0.25) is 0 Å². The molecule has 31 heavy (non-hydrogen) atoms. The molecule has 1 aromatic carbocycles. The van der Waals surface area contributed by atoms with Gasteiger partial charge in [0.2, 0.25) is 0 Å². The first-order valence-electron chi connectivity index (χ1n) is 7.76. The number of aromatic hydroxyl groups is 2. The van der Waals surface area contributed by atoms with Crippen molar-refractivity contribution in [3.63, 3.8) is 0 Å². The normalized spacial score (nSPS) is 9.87. The van der Waals surface area contributed by atoms with Gasteiger partial charge in [-0.1, -0.05) is 12.1 Å². The minimum absolute atomic E-state index is 0. The Balaban J connectivity index is -0.00000261. The summed E-state index contributed by atoms with van der Waals surface area (Å²) in [5.41, 5.74) is -0.0646. The van der Waals surface area contributed by atoms with Crippen molar-refractivity contribution in [2.24, 2.45) is 0 Å². The molecule has 0 bridgehead atoms. The molecule has 2 N–H and O–H groups in total. The first kappa shape index (κ1) is 35.5. The van der Waals surface area contributed by atoms with Gasteiger partial charge in [-0.2, -0.15) is 0 Å². The van der Waals surface area contributed by atoms with Crippen molar-refractivity contribution in [2.75, 3.05) is 26.2 Å². The Morgan fingerprint density at radius 3 is 1.06 bits per heavy atom. The maximum atomic E-state index is 10.7. The zero-order valence-electron chi connectivity index (χ0n) is 17.2. The Hall–Kier alpha value is -0.120. The van der Waals surface area contributed by atoms with E-state index in [1.54, 1.807) is 0 Å². The number of hydrogen-bond donors (Lipinski definition) is 2. The van der Waals surface area contributed by atoms with Crippen molar-refractivity contribution >= 4 is 61.6 Å². The number of nitrogens with zero attached hydrogens (tertiary/aromatic N) is 2. The van der Waals surface area contributed by atoms with Crippen molar-refractivity contribution in [3.05, 3.63) is 23.3 Å². The summed E-state index contributed by atoms with van der Waals surface area (Å²) in [6.45, 7) is -3.88. The van der Waals surface area contributed by atoms with Crippen LogP contribution in [-0.4, -0.2) is 108 Å². The van der Waals surface area contributed by atoms with E-state index in [1.165, 1.54) is 12.1 Å². The van der Waals surface area contributed by atoms with E-state index in [4.69, 9.17) is 0 Å². The molecular formula is C16H16CaN2Na2O10. The SMILES string of the molecule is O=C([O-])CN(CC(=O)[O-])Cc1ccc(CN(CC(=O)[O-])CC(=O)[O-])c(O)c1O.[Ca+2].[Na+].[Na+]. The predicted octanol–water partition coefficient (Wildman–Crippen LogP) is -12.7. The molecule has 0 aliphatic rings. The molecule has 0 aromatic heterocycles. The summed E-state index contributed by atoms with van der Waals surface area (Å²) in [4.78, 5) is 44.5. The second kappa shape index (κ2) is 17.4. The van der Waals surface area contributed by atoms with Gasteiger partial charge < -0.3 is 49.8 Å². The summed E-state index contributed by atoms with van der Waals surface area (Å²) in [7, 11) is 0. The van der Waals surface area contributed by atoms with E-state index in [1.807, 2.05) is 0 Å². The molecule has 0 saturated heterocycles. The van der Waals surface area contributed by atoms with Gasteiger partial charge in [-0.05, 0) is 0 Å². The summed E-state index contributed by atoms with van der Waals surface area (Å²) in [6.07, 6.45) is 0. The van der Waals surface area contributed by atoms with Crippen molar-refractivity contribution in [3.8, 4) is 11.5 Å². The fraction of sp³-hybridized carbons (Fsp3) is 0.375. The zero-order valence-corrected chi connectivity index (χ0v) is 23.4. The standard InChI is InChI=1S/C16H20N2O10.Ca.2Na/c19-11(20)5-17(6-12(21)22)3-9-1-2-10(16(28)15(9)27)4-18(7-13(23)24)8-14(25)26;;;/h1-2,27-28H,3-8H2,(H,19,20)(H,21,22)(H,23,24)(H,25,26);;;/q;+2;2*+1/p-4. The van der Waals surface area contributed by atoms with Crippen molar-refractivity contribution < 1.29 is 109 Å². The van der Waals surface area contributed by atoms with E-state index in [0.29, 0.717) is 0 Å². The van der Waals surface area contributed by atoms with Crippen LogP contribution in [0, 0.1) is 0 Å². The number of carbonyl (C=O) groups excluding carboxylic acids is 4. The first-order valence-corrected chi connectivity index (χ1v) is 7.76. The number of hydrogen-bond acceptors (Lipinski definition) is 12. The van der Waals surface area contributed by atoms with Crippen LogP contribution in [0.25, 0.3) is 0 Å². The first-order chi connectivity index (χ1) is 13.0. The van der Waals surface area contributed by atoms with Gasteiger partial charge in [0, 0.05) is 50.4 Å². The molecule has 12 nitrogen and oxygen atoms in total. The van der Waals surface area contributed by atoms with Crippen LogP contribution in [0.5, 0.6) is 11.5 Å². The monoisotopic (exact) mass is 482 g/mol. The third kappa shape index (κ3) is 13.9. The van der Waals surface area contributed by atoms with Crippen LogP contribution >= 0.6 is 0 Å². The molecule has 0 radical (unpaired) electrons. The molecule has 0 atom stereocenters. The molecule has 0 heterocycles. The number of phenols is 2. The Morgan fingerprint density at radius 1 is 0.645 bits per heavy atom. The van der Waals surface area contributed by atoms with Crippen molar-refractivity contribution in [1.82, 2.24) is 9.80 Å². The van der Waals surface area contributed by atoms with Crippen LogP contribution in [-0.2, 0) is 32.3 Å². The number of carbonyl (C=O) groups is 4. The second-order valence-corrected chi connectivity index (χ2v) is 5.86. The number of benzene rings is 1. The summed E-state index contributed by atoms with van der Waals surface area (Å²) >= 11 is 0. The number of rotatable bonds is 12. The van der Waals surface area contributed by atoms with Crippen LogP contribution in [0.3, 0.4) is 0 Å². The number of carboxylic acids is 4. The number of aliphatic carboxylic acids is 4. The summed E-state index contributed by atoms with van der Waals surface area (Å²) in [6, 6.07) is 2.47. The van der Waals surface area contributed by atoms with Crippen LogP contribution < -0.4 is 79.5 Å². The Kier molecular flexibility index (Phi) is 19.9. The minimum atomic E-state index is -1.57. The fourth-order valence-corrected chi connectivity index (χ4v) is 2.47. The van der Waals surface area contributed by atoms with Crippen LogP contribution in [0.4, 0.5) is 0 Å². The van der Waals surface area contributed by atoms with Gasteiger partial charge in [-0.15, -0.1) is 0 Å². The molecule has 0 aliphatic carbocycles. The molecule has 1 aromatic rings. The average Bonchev–Trinajstić information content (AvgIpc) is 2.52. The number of phenolic OH excluding ortho intramolecular Hbond substituents is 2. The summed E-state index contributed by atoms with van der Waals surface area (Å²) < 4.78 is 0. The molecule has 1 rings (SSSR count). The third-order valence-corrected chi connectivity index (χ3v) is 3.52.